The number of ether oxygens (including phenoxy) is 1. The highest BCUT2D eigenvalue weighted by molar-refractivity contribution is 9.10. The lowest BCUT2D eigenvalue weighted by Gasteiger charge is -2.44. The number of aromatic nitrogens is 3. The van der Waals surface area contributed by atoms with Crippen LogP contribution in [0.5, 0.6) is 0 Å². The molecule has 1 saturated heterocycles. The first-order valence-electron chi connectivity index (χ1n) is 15.0. The van der Waals surface area contributed by atoms with Crippen LogP contribution in [0, 0.1) is 0 Å². The Bertz CT molecular complexity index is 1450. The third-order valence-electron chi connectivity index (χ3n) is 8.77. The number of fused-ring (bicyclic) bond motifs is 2. The van der Waals surface area contributed by atoms with Crippen LogP contribution in [0.1, 0.15) is 68.5 Å². The SMILES string of the molecule is CC(C)(C)OC(=O)N1CCN(C2c3ccc(Cl)cc3CCc3cc(Br)cnc32)[C@@H](C(=O)NCCC2(n3ccnc3)CC2)C1. The number of nitrogens with zero attached hydrogens (tertiary/aromatic N) is 5. The molecule has 3 aromatic rings. The third kappa shape index (κ3) is 6.47. The number of amides is 2. The van der Waals surface area contributed by atoms with Gasteiger partial charge in [-0.15, -0.1) is 0 Å². The number of rotatable bonds is 6. The van der Waals surface area contributed by atoms with Crippen molar-refractivity contribution in [2.75, 3.05) is 26.2 Å². The zero-order valence-corrected chi connectivity index (χ0v) is 27.2. The molecule has 0 bridgehead atoms. The van der Waals surface area contributed by atoms with Gasteiger partial charge >= 0.3 is 6.09 Å². The minimum absolute atomic E-state index is 0.0221. The molecule has 2 aromatic heterocycles. The highest BCUT2D eigenvalue weighted by atomic mass is 79.9. The Morgan fingerprint density at radius 1 is 1.16 bits per heavy atom. The number of piperazine rings is 1. The summed E-state index contributed by atoms with van der Waals surface area (Å²) in [6.07, 6.45) is 11.7. The van der Waals surface area contributed by atoms with Crippen LogP contribution in [0.4, 0.5) is 4.79 Å². The third-order valence-corrected chi connectivity index (χ3v) is 9.44. The number of pyridine rings is 1. The normalized spacial score (nSPS) is 21.4. The van der Waals surface area contributed by atoms with Crippen molar-refractivity contribution in [3.8, 4) is 0 Å². The molecular weight excluding hydrogens is 632 g/mol. The molecule has 3 heterocycles. The number of hydrogen-bond acceptors (Lipinski definition) is 6. The van der Waals surface area contributed by atoms with E-state index in [0.717, 1.165) is 59.0 Å². The molecule has 2 amide bonds. The van der Waals surface area contributed by atoms with Crippen LogP contribution in [0.25, 0.3) is 0 Å². The van der Waals surface area contributed by atoms with E-state index in [1.165, 1.54) is 0 Å². The van der Waals surface area contributed by atoms with Gasteiger partial charge in [-0.3, -0.25) is 14.7 Å². The Morgan fingerprint density at radius 2 is 1.95 bits per heavy atom. The summed E-state index contributed by atoms with van der Waals surface area (Å²) in [5.74, 6) is -0.104. The number of benzene rings is 1. The quantitative estimate of drug-likeness (QED) is 0.373. The fourth-order valence-electron chi connectivity index (χ4n) is 6.44. The summed E-state index contributed by atoms with van der Waals surface area (Å²) in [4.78, 5) is 40.3. The number of aryl methyl sites for hydroxylation is 2. The second-order valence-electron chi connectivity index (χ2n) is 12.9. The maximum atomic E-state index is 14.1. The number of nitrogens with one attached hydrogen (secondary N) is 1. The second-order valence-corrected chi connectivity index (χ2v) is 14.2. The Balaban J connectivity index is 1.31. The van der Waals surface area contributed by atoms with Gasteiger partial charge in [-0.05, 0) is 104 Å². The predicted octanol–water partition coefficient (Wildman–Crippen LogP) is 5.50. The average molecular weight is 670 g/mol. The average Bonchev–Trinajstić information content (AvgIpc) is 3.57. The van der Waals surface area contributed by atoms with Crippen LogP contribution in [0.3, 0.4) is 0 Å². The molecule has 9 nitrogen and oxygen atoms in total. The van der Waals surface area contributed by atoms with E-state index in [4.69, 9.17) is 21.3 Å². The Morgan fingerprint density at radius 3 is 2.67 bits per heavy atom. The first-order valence-corrected chi connectivity index (χ1v) is 16.1. The summed E-state index contributed by atoms with van der Waals surface area (Å²) in [6, 6.07) is 7.26. The van der Waals surface area contributed by atoms with E-state index in [0.29, 0.717) is 24.7 Å². The number of hydrogen-bond donors (Lipinski definition) is 1. The molecule has 228 valence electrons. The maximum Gasteiger partial charge on any atom is 0.410 e. The summed E-state index contributed by atoms with van der Waals surface area (Å²) in [7, 11) is 0. The summed E-state index contributed by atoms with van der Waals surface area (Å²) in [5, 5.41) is 3.92. The molecule has 1 unspecified atom stereocenters. The van der Waals surface area contributed by atoms with Crippen LogP contribution in [-0.2, 0) is 27.9 Å². The number of imidazole rings is 1. The van der Waals surface area contributed by atoms with Gasteiger partial charge in [0, 0.05) is 59.8 Å². The summed E-state index contributed by atoms with van der Waals surface area (Å²) in [6.45, 7) is 7.24. The molecule has 3 aliphatic rings. The molecule has 6 rings (SSSR count). The zero-order valence-electron chi connectivity index (χ0n) is 24.9. The lowest BCUT2D eigenvalue weighted by atomic mass is 9.94. The van der Waals surface area contributed by atoms with Crippen molar-refractivity contribution in [2.24, 2.45) is 0 Å². The monoisotopic (exact) mass is 668 g/mol. The molecule has 1 aliphatic heterocycles. The number of carbonyl (C=O) groups is 2. The molecule has 1 saturated carbocycles. The van der Waals surface area contributed by atoms with Gasteiger partial charge in [0.05, 0.1) is 18.1 Å². The van der Waals surface area contributed by atoms with Crippen molar-refractivity contribution in [3.63, 3.8) is 0 Å². The number of halogens is 2. The predicted molar refractivity (Wildman–Crippen MR) is 168 cm³/mol. The van der Waals surface area contributed by atoms with Crippen molar-refractivity contribution in [3.05, 3.63) is 81.1 Å². The Kier molecular flexibility index (Phi) is 8.30. The van der Waals surface area contributed by atoms with E-state index in [1.54, 1.807) is 11.1 Å². The molecule has 0 radical (unpaired) electrons. The summed E-state index contributed by atoms with van der Waals surface area (Å²) in [5.41, 5.74) is 3.71. The summed E-state index contributed by atoms with van der Waals surface area (Å²) >= 11 is 10.1. The van der Waals surface area contributed by atoms with Crippen molar-refractivity contribution in [2.45, 2.75) is 76.1 Å². The molecule has 11 heteroatoms. The van der Waals surface area contributed by atoms with E-state index >= 15 is 0 Å². The zero-order chi connectivity index (χ0) is 30.4. The molecule has 1 aromatic carbocycles. The van der Waals surface area contributed by atoms with Crippen molar-refractivity contribution in [1.82, 2.24) is 29.7 Å². The molecule has 1 N–H and O–H groups in total. The van der Waals surface area contributed by atoms with Crippen LogP contribution in [0.2, 0.25) is 5.02 Å². The molecule has 2 fully saturated rings. The van der Waals surface area contributed by atoms with Crippen LogP contribution < -0.4 is 5.32 Å². The van der Waals surface area contributed by atoms with Gasteiger partial charge < -0.3 is 19.5 Å². The van der Waals surface area contributed by atoms with Gasteiger partial charge in [0.2, 0.25) is 5.91 Å². The lowest BCUT2D eigenvalue weighted by molar-refractivity contribution is -0.129. The topological polar surface area (TPSA) is 92.6 Å². The van der Waals surface area contributed by atoms with E-state index < -0.39 is 17.7 Å². The van der Waals surface area contributed by atoms with Gasteiger partial charge in [-0.25, -0.2) is 9.78 Å². The van der Waals surface area contributed by atoms with E-state index in [-0.39, 0.29) is 24.0 Å². The van der Waals surface area contributed by atoms with Gasteiger partial charge in [0.1, 0.15) is 11.6 Å². The highest BCUT2D eigenvalue weighted by Gasteiger charge is 2.45. The molecular formula is C32H38BrClN6O3. The van der Waals surface area contributed by atoms with E-state index in [1.807, 2.05) is 51.6 Å². The van der Waals surface area contributed by atoms with Gasteiger partial charge in [0.25, 0.3) is 0 Å². The fourth-order valence-corrected chi connectivity index (χ4v) is 7.01. The van der Waals surface area contributed by atoms with Crippen LogP contribution in [0.15, 0.2) is 53.7 Å². The van der Waals surface area contributed by atoms with Crippen molar-refractivity contribution >= 4 is 39.5 Å². The second kappa shape index (κ2) is 11.9. The largest absolute Gasteiger partial charge is 0.444 e. The Hall–Kier alpha value is -2.95. The van der Waals surface area contributed by atoms with Crippen molar-refractivity contribution < 1.29 is 14.3 Å². The first kappa shape index (κ1) is 30.1. The van der Waals surface area contributed by atoms with Crippen LogP contribution in [-0.4, -0.2) is 74.2 Å². The van der Waals surface area contributed by atoms with E-state index in [2.05, 4.69) is 47.8 Å². The smallest absolute Gasteiger partial charge is 0.410 e. The van der Waals surface area contributed by atoms with Gasteiger partial charge in [0.15, 0.2) is 0 Å². The standard InChI is InChI=1S/C32H38BrClN6O3/c1-31(2,3)43-30(42)38-14-15-40(26(19-38)29(41)36-11-10-32(8-9-32)39-13-12-35-20-39)28-25-7-6-24(34)17-21(25)4-5-22-16-23(33)18-37-27(22)28/h6-7,12-13,16-18,20,26,28H,4-5,8-11,14-15,19H2,1-3H3,(H,36,41)/t26-,28?/m1/s1. The molecule has 2 atom stereocenters. The highest BCUT2D eigenvalue weighted by Crippen LogP contribution is 2.46. The molecule has 43 heavy (non-hydrogen) atoms. The van der Waals surface area contributed by atoms with Crippen LogP contribution >= 0.6 is 27.5 Å². The lowest BCUT2D eigenvalue weighted by Crippen LogP contribution is -2.61. The first-order chi connectivity index (χ1) is 20.5. The van der Waals surface area contributed by atoms with Gasteiger partial charge in [-0.1, -0.05) is 17.7 Å². The Labute approximate surface area is 266 Å². The molecule has 0 spiro atoms. The van der Waals surface area contributed by atoms with E-state index in [9.17, 15) is 9.59 Å². The maximum absolute atomic E-state index is 14.1. The summed E-state index contributed by atoms with van der Waals surface area (Å²) < 4.78 is 8.79. The minimum atomic E-state index is -0.631. The van der Waals surface area contributed by atoms with Crippen molar-refractivity contribution in [1.29, 1.82) is 0 Å². The minimum Gasteiger partial charge on any atom is -0.444 e. The fraction of sp³-hybridized carbons (Fsp3) is 0.500. The van der Waals surface area contributed by atoms with Gasteiger partial charge in [-0.2, -0.15) is 0 Å². The number of carbonyl (C=O) groups excluding carboxylic acids is 2. The molecule has 2 aliphatic carbocycles.